The van der Waals surface area contributed by atoms with E-state index in [0.717, 1.165) is 22.3 Å². The summed E-state index contributed by atoms with van der Waals surface area (Å²) >= 11 is 0. The third kappa shape index (κ3) is 7.85. The average Bonchev–Trinajstić information content (AvgIpc) is 3.01. The molecule has 5 heteroatoms. The van der Waals surface area contributed by atoms with E-state index in [0.29, 0.717) is 46.1 Å². The lowest BCUT2D eigenvalue weighted by atomic mass is 9.97. The molecule has 0 aliphatic carbocycles. The molecule has 2 unspecified atom stereocenters. The van der Waals surface area contributed by atoms with Crippen LogP contribution in [0.5, 0.6) is 0 Å². The van der Waals surface area contributed by atoms with E-state index >= 15 is 0 Å². The summed E-state index contributed by atoms with van der Waals surface area (Å²) in [5, 5.41) is 0. The average molecular weight is 525 g/mol. The molecule has 1 fully saturated rings. The Balaban J connectivity index is 1.38. The third-order valence-corrected chi connectivity index (χ3v) is 6.87. The highest BCUT2D eigenvalue weighted by Gasteiger charge is 2.50. The predicted molar refractivity (Wildman–Crippen MR) is 151 cm³/mol. The fourth-order valence-electron chi connectivity index (χ4n) is 4.77. The molecule has 39 heavy (non-hydrogen) atoms. The number of ether oxygens (including phenoxy) is 5. The van der Waals surface area contributed by atoms with Crippen molar-refractivity contribution >= 4 is 0 Å². The summed E-state index contributed by atoms with van der Waals surface area (Å²) in [6.07, 6.45) is -0.325. The van der Waals surface area contributed by atoms with E-state index in [4.69, 9.17) is 23.7 Å². The molecule has 4 aromatic rings. The summed E-state index contributed by atoms with van der Waals surface area (Å²) in [5.41, 5.74) is 4.34. The normalized spacial score (nSPS) is 18.6. The van der Waals surface area contributed by atoms with E-state index in [-0.39, 0.29) is 6.10 Å². The van der Waals surface area contributed by atoms with Gasteiger partial charge in [-0.25, -0.2) is 0 Å². The number of benzene rings is 4. The predicted octanol–water partition coefficient (Wildman–Crippen LogP) is 6.71. The van der Waals surface area contributed by atoms with Crippen LogP contribution in [0.4, 0.5) is 0 Å². The number of hydrogen-bond acceptors (Lipinski definition) is 5. The Kier molecular flexibility index (Phi) is 9.91. The van der Waals surface area contributed by atoms with Gasteiger partial charge in [0.1, 0.15) is 12.2 Å². The lowest BCUT2D eigenvalue weighted by Crippen LogP contribution is -2.59. The number of rotatable bonds is 13. The second kappa shape index (κ2) is 14.2. The van der Waals surface area contributed by atoms with Gasteiger partial charge < -0.3 is 23.7 Å². The van der Waals surface area contributed by atoms with Crippen molar-refractivity contribution in [3.8, 4) is 0 Å². The molecule has 2 atom stereocenters. The third-order valence-electron chi connectivity index (χ3n) is 6.87. The molecule has 1 heterocycles. The summed E-state index contributed by atoms with van der Waals surface area (Å²) in [7, 11) is 0. The topological polar surface area (TPSA) is 46.2 Å². The second-order valence-corrected chi connectivity index (χ2v) is 9.74. The maximum absolute atomic E-state index is 6.69. The van der Waals surface area contributed by atoms with E-state index in [1.54, 1.807) is 0 Å². The van der Waals surface area contributed by atoms with Gasteiger partial charge in [0.2, 0.25) is 0 Å². The minimum Gasteiger partial charge on any atom is -0.374 e. The molecule has 1 saturated heterocycles. The molecule has 0 saturated carbocycles. The van der Waals surface area contributed by atoms with Crippen molar-refractivity contribution in [1.82, 2.24) is 0 Å². The SMILES string of the molecule is c1ccc(COCC2OCCC(OCc3ccccc3)(OCc3ccccc3)C2OCc2ccccc2)cc1. The summed E-state index contributed by atoms with van der Waals surface area (Å²) in [4.78, 5) is 0. The minimum atomic E-state index is -1.01. The molecule has 0 radical (unpaired) electrons. The first-order chi connectivity index (χ1) is 19.3. The monoisotopic (exact) mass is 524 g/mol. The maximum Gasteiger partial charge on any atom is 0.200 e. The van der Waals surface area contributed by atoms with E-state index in [9.17, 15) is 0 Å². The summed E-state index contributed by atoms with van der Waals surface area (Å²) < 4.78 is 32.4. The van der Waals surface area contributed by atoms with Crippen molar-refractivity contribution in [1.29, 1.82) is 0 Å². The quantitative estimate of drug-likeness (QED) is 0.182. The van der Waals surface area contributed by atoms with E-state index < -0.39 is 11.9 Å². The smallest absolute Gasteiger partial charge is 0.200 e. The molecule has 0 amide bonds. The lowest BCUT2D eigenvalue weighted by Gasteiger charge is -2.46. The Morgan fingerprint density at radius 2 is 1.00 bits per heavy atom. The molecule has 5 nitrogen and oxygen atoms in total. The molecule has 1 aliphatic heterocycles. The van der Waals surface area contributed by atoms with Crippen molar-refractivity contribution in [3.63, 3.8) is 0 Å². The van der Waals surface area contributed by atoms with Gasteiger partial charge in [0, 0.05) is 6.42 Å². The van der Waals surface area contributed by atoms with Gasteiger partial charge in [0.25, 0.3) is 0 Å². The molecule has 0 N–H and O–H groups in total. The lowest BCUT2D eigenvalue weighted by molar-refractivity contribution is -0.350. The molecule has 4 aromatic carbocycles. The zero-order valence-electron chi connectivity index (χ0n) is 22.2. The summed E-state index contributed by atoms with van der Waals surface area (Å²) in [6.45, 7) is 2.55. The highest BCUT2D eigenvalue weighted by atomic mass is 16.7. The summed E-state index contributed by atoms with van der Waals surface area (Å²) in [6, 6.07) is 40.6. The molecular weight excluding hydrogens is 488 g/mol. The van der Waals surface area contributed by atoms with Gasteiger partial charge in [0.15, 0.2) is 5.79 Å². The van der Waals surface area contributed by atoms with Crippen LogP contribution in [0.15, 0.2) is 121 Å². The van der Waals surface area contributed by atoms with Gasteiger partial charge in [-0.15, -0.1) is 0 Å². The summed E-state index contributed by atoms with van der Waals surface area (Å²) in [5.74, 6) is -1.01. The molecule has 202 valence electrons. The van der Waals surface area contributed by atoms with Crippen LogP contribution in [0, 0.1) is 0 Å². The van der Waals surface area contributed by atoms with Gasteiger partial charge in [0.05, 0.1) is 39.6 Å². The van der Waals surface area contributed by atoms with E-state index in [1.807, 2.05) is 72.8 Å². The fraction of sp³-hybridized carbons (Fsp3) is 0.294. The van der Waals surface area contributed by atoms with Gasteiger partial charge in [-0.05, 0) is 22.3 Å². The Morgan fingerprint density at radius 1 is 0.564 bits per heavy atom. The largest absolute Gasteiger partial charge is 0.374 e. The van der Waals surface area contributed by atoms with Crippen LogP contribution < -0.4 is 0 Å². The zero-order valence-corrected chi connectivity index (χ0v) is 22.2. The van der Waals surface area contributed by atoms with Crippen molar-refractivity contribution in [3.05, 3.63) is 144 Å². The fourth-order valence-corrected chi connectivity index (χ4v) is 4.77. The highest BCUT2D eigenvalue weighted by Crippen LogP contribution is 2.36. The van der Waals surface area contributed by atoms with Crippen LogP contribution in [-0.4, -0.2) is 31.2 Å². The maximum atomic E-state index is 6.69. The first kappa shape index (κ1) is 27.3. The zero-order chi connectivity index (χ0) is 26.6. The first-order valence-corrected chi connectivity index (χ1v) is 13.6. The van der Waals surface area contributed by atoms with Gasteiger partial charge in [-0.1, -0.05) is 121 Å². The van der Waals surface area contributed by atoms with Crippen LogP contribution in [0.1, 0.15) is 28.7 Å². The molecule has 5 rings (SSSR count). The minimum absolute atomic E-state index is 0.361. The molecule has 0 spiro atoms. The Morgan fingerprint density at radius 3 is 1.49 bits per heavy atom. The molecular formula is C34H36O5. The molecule has 1 aliphatic rings. The van der Waals surface area contributed by atoms with E-state index in [1.165, 1.54) is 0 Å². The van der Waals surface area contributed by atoms with Gasteiger partial charge in [-0.2, -0.15) is 0 Å². The van der Waals surface area contributed by atoms with Crippen molar-refractivity contribution in [2.45, 2.75) is 50.8 Å². The van der Waals surface area contributed by atoms with Crippen molar-refractivity contribution in [2.24, 2.45) is 0 Å². The van der Waals surface area contributed by atoms with Crippen LogP contribution in [0.2, 0.25) is 0 Å². The van der Waals surface area contributed by atoms with Gasteiger partial charge in [-0.3, -0.25) is 0 Å². The Labute approximate surface area is 231 Å². The van der Waals surface area contributed by atoms with Crippen molar-refractivity contribution in [2.75, 3.05) is 13.2 Å². The Bertz CT molecular complexity index is 1170. The van der Waals surface area contributed by atoms with Crippen LogP contribution in [-0.2, 0) is 50.1 Å². The van der Waals surface area contributed by atoms with Crippen molar-refractivity contribution < 1.29 is 23.7 Å². The number of hydrogen-bond donors (Lipinski definition) is 0. The molecule has 0 bridgehead atoms. The highest BCUT2D eigenvalue weighted by molar-refractivity contribution is 5.16. The Hall–Kier alpha value is -3.32. The van der Waals surface area contributed by atoms with Crippen LogP contribution in [0.25, 0.3) is 0 Å². The standard InChI is InChI=1S/C34H36O5/c1-5-13-28(14-6-1)23-35-27-32-33(37-24-29-15-7-2-8-16-29)34(21-22-36-32,38-25-30-17-9-3-10-18-30)39-26-31-19-11-4-12-20-31/h1-20,32-33H,21-27H2. The van der Waals surface area contributed by atoms with Crippen LogP contribution >= 0.6 is 0 Å². The second-order valence-electron chi connectivity index (χ2n) is 9.74. The first-order valence-electron chi connectivity index (χ1n) is 13.6. The molecule has 0 aromatic heterocycles. The van der Waals surface area contributed by atoms with Gasteiger partial charge >= 0.3 is 0 Å². The van der Waals surface area contributed by atoms with E-state index in [2.05, 4.69) is 48.5 Å². The van der Waals surface area contributed by atoms with Crippen LogP contribution in [0.3, 0.4) is 0 Å².